The maximum atomic E-state index is 11.6. The van der Waals surface area contributed by atoms with Gasteiger partial charge in [-0.1, -0.05) is 0 Å². The van der Waals surface area contributed by atoms with E-state index in [1.54, 1.807) is 29.0 Å². The molecule has 0 atom stereocenters. The van der Waals surface area contributed by atoms with E-state index in [-0.39, 0.29) is 4.90 Å². The van der Waals surface area contributed by atoms with E-state index >= 15 is 0 Å². The quantitative estimate of drug-likeness (QED) is 0.526. The molecule has 4 aromatic rings. The van der Waals surface area contributed by atoms with Gasteiger partial charge in [0.15, 0.2) is 21.2 Å². The number of aryl methyl sites for hydroxylation is 1. The van der Waals surface area contributed by atoms with Gasteiger partial charge in [0, 0.05) is 36.3 Å². The summed E-state index contributed by atoms with van der Waals surface area (Å²) in [5, 5.41) is 8.47. The number of hydrogen-bond acceptors (Lipinski definition) is 6. The first kappa shape index (κ1) is 17.2. The van der Waals surface area contributed by atoms with Gasteiger partial charge in [-0.2, -0.15) is 10.2 Å². The molecule has 27 heavy (non-hydrogen) atoms. The molecule has 0 N–H and O–H groups in total. The fourth-order valence-corrected chi connectivity index (χ4v) is 3.37. The Morgan fingerprint density at radius 3 is 2.56 bits per heavy atom. The molecule has 138 valence electrons. The van der Waals surface area contributed by atoms with Crippen molar-refractivity contribution in [1.82, 2.24) is 24.4 Å². The highest BCUT2D eigenvalue weighted by atomic mass is 32.2. The third kappa shape index (κ3) is 3.28. The molecule has 0 aliphatic carbocycles. The van der Waals surface area contributed by atoms with Crippen LogP contribution in [0.25, 0.3) is 16.8 Å². The number of benzene rings is 1. The summed E-state index contributed by atoms with van der Waals surface area (Å²) in [6.07, 6.45) is 8.13. The monoisotopic (exact) mass is 383 g/mol. The molecule has 0 spiro atoms. The van der Waals surface area contributed by atoms with Crippen molar-refractivity contribution in [3.05, 3.63) is 55.2 Å². The molecule has 0 aliphatic rings. The van der Waals surface area contributed by atoms with Crippen LogP contribution >= 0.6 is 0 Å². The van der Waals surface area contributed by atoms with Crippen LogP contribution in [0, 0.1) is 0 Å². The van der Waals surface area contributed by atoms with E-state index in [9.17, 15) is 8.42 Å². The lowest BCUT2D eigenvalue weighted by Gasteiger charge is -2.11. The minimum atomic E-state index is -3.26. The van der Waals surface area contributed by atoms with Crippen LogP contribution in [0.3, 0.4) is 0 Å². The van der Waals surface area contributed by atoms with Crippen molar-refractivity contribution in [2.45, 2.75) is 18.4 Å². The summed E-state index contributed by atoms with van der Waals surface area (Å²) < 4.78 is 32.8. The number of pyridine rings is 1. The molecule has 3 heterocycles. The van der Waals surface area contributed by atoms with Crippen LogP contribution in [0.1, 0.15) is 6.92 Å². The number of fused-ring (bicyclic) bond motifs is 1. The average molecular weight is 383 g/mol. The molecule has 4 rings (SSSR count). The van der Waals surface area contributed by atoms with E-state index in [0.29, 0.717) is 17.1 Å². The van der Waals surface area contributed by atoms with Gasteiger partial charge in [0.05, 0.1) is 11.1 Å². The number of rotatable bonds is 5. The zero-order chi connectivity index (χ0) is 19.0. The molecule has 0 radical (unpaired) electrons. The Labute approximate surface area is 156 Å². The smallest absolute Gasteiger partial charge is 0.199 e. The second kappa shape index (κ2) is 6.51. The van der Waals surface area contributed by atoms with Crippen LogP contribution in [0.2, 0.25) is 0 Å². The lowest BCUT2D eigenvalue weighted by molar-refractivity contribution is 0.485. The minimum Gasteiger partial charge on any atom is -0.453 e. The Balaban J connectivity index is 1.79. The second-order valence-corrected chi connectivity index (χ2v) is 8.03. The van der Waals surface area contributed by atoms with E-state index in [0.717, 1.165) is 17.7 Å². The molecule has 0 bridgehead atoms. The Hall–Kier alpha value is -3.20. The molecular formula is C18H17N5O3S. The molecule has 0 amide bonds. The van der Waals surface area contributed by atoms with Crippen molar-refractivity contribution >= 4 is 15.5 Å². The Kier molecular flexibility index (Phi) is 4.15. The van der Waals surface area contributed by atoms with Crippen molar-refractivity contribution in [2.75, 3.05) is 6.26 Å². The zero-order valence-corrected chi connectivity index (χ0v) is 15.6. The van der Waals surface area contributed by atoms with Crippen LogP contribution in [0.4, 0.5) is 0 Å². The molecular weight excluding hydrogens is 366 g/mol. The Morgan fingerprint density at radius 2 is 1.89 bits per heavy atom. The topological polar surface area (TPSA) is 91.4 Å². The first-order chi connectivity index (χ1) is 13.0. The summed E-state index contributed by atoms with van der Waals surface area (Å²) in [4.78, 5) is 4.52. The zero-order valence-electron chi connectivity index (χ0n) is 14.8. The highest BCUT2D eigenvalue weighted by Gasteiger charge is 2.16. The number of nitrogens with zero attached hydrogens (tertiary/aromatic N) is 5. The molecule has 3 aromatic heterocycles. The van der Waals surface area contributed by atoms with Crippen molar-refractivity contribution in [1.29, 1.82) is 0 Å². The maximum Gasteiger partial charge on any atom is 0.199 e. The minimum absolute atomic E-state index is 0.236. The fraction of sp³-hybridized carbons (Fsp3) is 0.167. The van der Waals surface area contributed by atoms with Gasteiger partial charge >= 0.3 is 0 Å². The van der Waals surface area contributed by atoms with Crippen molar-refractivity contribution < 1.29 is 13.2 Å². The summed E-state index contributed by atoms with van der Waals surface area (Å²) in [5.41, 5.74) is 2.27. The average Bonchev–Trinajstić information content (AvgIpc) is 3.31. The molecule has 0 fully saturated rings. The standard InChI is InChI=1S/C18H17N5O3S/c1-3-22-11-13(10-20-22)16-8-9-23-18(19-12-21-23)17(16)26-14-4-6-15(7-5-14)27(2,24)25/h4-12H,3H2,1-2H3. The molecule has 0 saturated heterocycles. The van der Waals surface area contributed by atoms with Crippen molar-refractivity contribution in [3.8, 4) is 22.6 Å². The van der Waals surface area contributed by atoms with Gasteiger partial charge in [0.2, 0.25) is 0 Å². The number of hydrogen-bond donors (Lipinski definition) is 0. The van der Waals surface area contributed by atoms with Gasteiger partial charge in [0.25, 0.3) is 0 Å². The number of sulfone groups is 1. The lowest BCUT2D eigenvalue weighted by Crippen LogP contribution is -1.98. The first-order valence-electron chi connectivity index (χ1n) is 8.29. The first-order valence-corrected chi connectivity index (χ1v) is 10.2. The van der Waals surface area contributed by atoms with Crippen LogP contribution in [-0.4, -0.2) is 39.1 Å². The normalized spacial score (nSPS) is 11.8. The predicted octanol–water partition coefficient (Wildman–Crippen LogP) is 2.81. The summed E-state index contributed by atoms with van der Waals surface area (Å²) in [5.74, 6) is 1.03. The second-order valence-electron chi connectivity index (χ2n) is 6.02. The highest BCUT2D eigenvalue weighted by molar-refractivity contribution is 7.90. The van der Waals surface area contributed by atoms with E-state index in [4.69, 9.17) is 4.74 Å². The van der Waals surface area contributed by atoms with Gasteiger partial charge in [0.1, 0.15) is 12.1 Å². The van der Waals surface area contributed by atoms with Gasteiger partial charge in [-0.3, -0.25) is 4.68 Å². The molecule has 0 saturated carbocycles. The van der Waals surface area contributed by atoms with Crippen molar-refractivity contribution in [2.24, 2.45) is 0 Å². The van der Waals surface area contributed by atoms with E-state index in [1.165, 1.54) is 24.7 Å². The SMILES string of the molecule is CCn1cc(-c2ccn3ncnc3c2Oc2ccc(S(C)(=O)=O)cc2)cn1. The maximum absolute atomic E-state index is 11.6. The highest BCUT2D eigenvalue weighted by Crippen LogP contribution is 2.36. The third-order valence-corrected chi connectivity index (χ3v) is 5.27. The van der Waals surface area contributed by atoms with Gasteiger partial charge in [-0.05, 0) is 37.3 Å². The van der Waals surface area contributed by atoms with Crippen LogP contribution in [-0.2, 0) is 16.4 Å². The molecule has 0 aliphatic heterocycles. The molecule has 8 nitrogen and oxygen atoms in total. The number of ether oxygens (including phenoxy) is 1. The summed E-state index contributed by atoms with van der Waals surface area (Å²) in [6.45, 7) is 2.77. The van der Waals surface area contributed by atoms with Gasteiger partial charge < -0.3 is 4.74 Å². The van der Waals surface area contributed by atoms with Gasteiger partial charge in [-0.15, -0.1) is 0 Å². The third-order valence-electron chi connectivity index (χ3n) is 4.14. The summed E-state index contributed by atoms with van der Waals surface area (Å²) in [7, 11) is -3.26. The largest absolute Gasteiger partial charge is 0.453 e. The Bertz CT molecular complexity index is 1210. The molecule has 9 heteroatoms. The van der Waals surface area contributed by atoms with E-state index < -0.39 is 9.84 Å². The van der Waals surface area contributed by atoms with Crippen molar-refractivity contribution in [3.63, 3.8) is 0 Å². The van der Waals surface area contributed by atoms with E-state index in [2.05, 4.69) is 15.2 Å². The summed E-state index contributed by atoms with van der Waals surface area (Å²) in [6, 6.07) is 8.16. The van der Waals surface area contributed by atoms with Crippen LogP contribution in [0.15, 0.2) is 60.1 Å². The molecule has 0 unspecified atom stereocenters. The van der Waals surface area contributed by atoms with Crippen LogP contribution < -0.4 is 4.74 Å². The fourth-order valence-electron chi connectivity index (χ4n) is 2.74. The van der Waals surface area contributed by atoms with E-state index in [1.807, 2.05) is 23.9 Å². The van der Waals surface area contributed by atoms with Crippen LogP contribution in [0.5, 0.6) is 11.5 Å². The number of aromatic nitrogens is 5. The molecule has 1 aromatic carbocycles. The predicted molar refractivity (Wildman–Crippen MR) is 99.5 cm³/mol. The Morgan fingerprint density at radius 1 is 1.11 bits per heavy atom. The lowest BCUT2D eigenvalue weighted by atomic mass is 10.1. The summed E-state index contributed by atoms with van der Waals surface area (Å²) >= 11 is 0. The van der Waals surface area contributed by atoms with Gasteiger partial charge in [-0.25, -0.2) is 17.9 Å².